The monoisotopic (exact) mass is 324 g/mol. The third-order valence-corrected chi connectivity index (χ3v) is 4.10. The normalized spacial score (nSPS) is 21.8. The second kappa shape index (κ2) is 6.62. The van der Waals surface area contributed by atoms with E-state index in [4.69, 9.17) is 16.3 Å². The average molecular weight is 325 g/mol. The number of ether oxygens (including phenoxy) is 1. The third kappa shape index (κ3) is 3.23. The van der Waals surface area contributed by atoms with Gasteiger partial charge in [0.05, 0.1) is 5.02 Å². The smallest absolute Gasteiger partial charge is 0.166 e. The summed E-state index contributed by atoms with van der Waals surface area (Å²) in [6.45, 7) is 1.30. The van der Waals surface area contributed by atoms with E-state index in [2.05, 4.69) is 15.3 Å². The predicted molar refractivity (Wildman–Crippen MR) is 82.3 cm³/mol. The van der Waals surface area contributed by atoms with E-state index < -0.39 is 5.82 Å². The molecule has 0 radical (unpaired) electrons. The van der Waals surface area contributed by atoms with Gasteiger partial charge in [-0.3, -0.25) is 0 Å². The maximum Gasteiger partial charge on any atom is 0.166 e. The van der Waals surface area contributed by atoms with Crippen LogP contribution in [-0.4, -0.2) is 27.7 Å². The molecule has 0 amide bonds. The lowest BCUT2D eigenvalue weighted by molar-refractivity contribution is -0.0305. The predicted octanol–water partition coefficient (Wildman–Crippen LogP) is 3.19. The lowest BCUT2D eigenvalue weighted by atomic mass is 9.93. The zero-order valence-corrected chi connectivity index (χ0v) is 13.1. The van der Waals surface area contributed by atoms with Gasteiger partial charge in [0.2, 0.25) is 0 Å². The van der Waals surface area contributed by atoms with Gasteiger partial charge >= 0.3 is 0 Å². The van der Waals surface area contributed by atoms with Gasteiger partial charge < -0.3 is 14.6 Å². The van der Waals surface area contributed by atoms with Gasteiger partial charge in [-0.2, -0.15) is 0 Å². The van der Waals surface area contributed by atoms with Crippen LogP contribution in [0.5, 0.6) is 0 Å². The summed E-state index contributed by atoms with van der Waals surface area (Å²) < 4.78 is 21.6. The maximum atomic E-state index is 13.8. The van der Waals surface area contributed by atoms with E-state index in [1.54, 1.807) is 6.20 Å². The van der Waals surface area contributed by atoms with Gasteiger partial charge in [-0.1, -0.05) is 11.6 Å². The fraction of sp³-hybridized carbons (Fsp3) is 0.467. The summed E-state index contributed by atoms with van der Waals surface area (Å²) in [7, 11) is 1.95. The molecule has 0 unspecified atom stereocenters. The summed E-state index contributed by atoms with van der Waals surface area (Å²) in [5.74, 6) is 0.883. The second-order valence-corrected chi connectivity index (χ2v) is 5.89. The molecule has 2 aromatic heterocycles. The van der Waals surface area contributed by atoms with Crippen molar-refractivity contribution in [1.82, 2.24) is 14.5 Å². The number of aromatic nitrogens is 3. The highest BCUT2D eigenvalue weighted by molar-refractivity contribution is 6.30. The molecule has 118 valence electrons. The highest BCUT2D eigenvalue weighted by Gasteiger charge is 2.30. The van der Waals surface area contributed by atoms with Crippen molar-refractivity contribution in [3.8, 4) is 0 Å². The Morgan fingerprint density at radius 3 is 3.09 bits per heavy atom. The molecule has 0 aromatic carbocycles. The van der Waals surface area contributed by atoms with Gasteiger partial charge in [0.1, 0.15) is 11.9 Å². The first-order valence-corrected chi connectivity index (χ1v) is 7.66. The molecule has 1 fully saturated rings. The summed E-state index contributed by atoms with van der Waals surface area (Å²) in [5.41, 5.74) is 0. The van der Waals surface area contributed by atoms with E-state index in [1.165, 1.54) is 12.3 Å². The zero-order valence-electron chi connectivity index (χ0n) is 12.3. The lowest BCUT2D eigenvalue weighted by Gasteiger charge is -2.31. The van der Waals surface area contributed by atoms with Crippen molar-refractivity contribution in [3.63, 3.8) is 0 Å². The average Bonchev–Trinajstić information content (AvgIpc) is 2.93. The Morgan fingerprint density at radius 1 is 1.50 bits per heavy atom. The Hall–Kier alpha value is -1.66. The van der Waals surface area contributed by atoms with Crippen LogP contribution >= 0.6 is 11.6 Å². The van der Waals surface area contributed by atoms with E-state index >= 15 is 0 Å². The number of imidazole rings is 1. The van der Waals surface area contributed by atoms with Gasteiger partial charge in [-0.25, -0.2) is 14.4 Å². The van der Waals surface area contributed by atoms with Crippen molar-refractivity contribution >= 4 is 17.4 Å². The van der Waals surface area contributed by atoms with Crippen molar-refractivity contribution in [3.05, 3.63) is 41.3 Å². The second-order valence-electron chi connectivity index (χ2n) is 5.45. The summed E-state index contributed by atoms with van der Waals surface area (Å²) in [4.78, 5) is 8.36. The molecule has 2 atom stereocenters. The summed E-state index contributed by atoms with van der Waals surface area (Å²) in [5, 5.41) is 3.35. The number of pyridine rings is 1. The molecular formula is C15H18ClFN4O. The fourth-order valence-electron chi connectivity index (χ4n) is 2.76. The van der Waals surface area contributed by atoms with E-state index in [1.807, 2.05) is 17.8 Å². The molecule has 7 heteroatoms. The zero-order chi connectivity index (χ0) is 15.5. The Morgan fingerprint density at radius 2 is 2.36 bits per heavy atom. The molecule has 3 rings (SSSR count). The van der Waals surface area contributed by atoms with E-state index in [-0.39, 0.29) is 22.9 Å². The summed E-state index contributed by atoms with van der Waals surface area (Å²) >= 11 is 5.71. The van der Waals surface area contributed by atoms with E-state index in [9.17, 15) is 4.39 Å². The van der Waals surface area contributed by atoms with Crippen LogP contribution in [0.2, 0.25) is 5.02 Å². The van der Waals surface area contributed by atoms with E-state index in [0.717, 1.165) is 25.3 Å². The molecule has 1 aliphatic heterocycles. The van der Waals surface area contributed by atoms with Crippen molar-refractivity contribution < 1.29 is 9.13 Å². The first-order chi connectivity index (χ1) is 10.6. The van der Waals surface area contributed by atoms with Crippen molar-refractivity contribution in [2.75, 3.05) is 18.5 Å². The first kappa shape index (κ1) is 15.2. The summed E-state index contributed by atoms with van der Waals surface area (Å²) in [6, 6.07) is 1.25. The number of hydrogen-bond acceptors (Lipinski definition) is 4. The topological polar surface area (TPSA) is 52.0 Å². The number of aryl methyl sites for hydroxylation is 1. The molecule has 0 bridgehead atoms. The van der Waals surface area contributed by atoms with Crippen LogP contribution in [0.1, 0.15) is 24.8 Å². The molecule has 22 heavy (non-hydrogen) atoms. The molecule has 0 saturated carbocycles. The number of anilines is 1. The number of rotatable bonds is 4. The molecule has 5 nitrogen and oxygen atoms in total. The Balaban J connectivity index is 1.71. The van der Waals surface area contributed by atoms with Crippen LogP contribution < -0.4 is 5.32 Å². The Kier molecular flexibility index (Phi) is 4.59. The van der Waals surface area contributed by atoms with Crippen molar-refractivity contribution in [2.24, 2.45) is 13.0 Å². The molecule has 2 aromatic rings. The van der Waals surface area contributed by atoms with Crippen molar-refractivity contribution in [2.45, 2.75) is 18.9 Å². The standard InChI is InChI=1S/C15H18ClFN4O/c1-21-5-4-18-15(21)13-10(3-2-6-22-13)8-19-14-12(17)7-11(16)9-20-14/h4-5,7,9-10,13H,2-3,6,8H2,1H3,(H,19,20)/t10-,13+/m0/s1. The number of nitrogens with zero attached hydrogens (tertiary/aromatic N) is 3. The van der Waals surface area contributed by atoms with Gasteiger partial charge in [-0.05, 0) is 18.9 Å². The van der Waals surface area contributed by atoms with Gasteiger partial charge in [0, 0.05) is 44.7 Å². The van der Waals surface area contributed by atoms with Crippen LogP contribution in [0.4, 0.5) is 10.2 Å². The quantitative estimate of drug-likeness (QED) is 0.938. The largest absolute Gasteiger partial charge is 0.370 e. The Bertz CT molecular complexity index is 648. The summed E-state index contributed by atoms with van der Waals surface area (Å²) in [6.07, 6.45) is 7.00. The third-order valence-electron chi connectivity index (χ3n) is 3.90. The molecule has 0 spiro atoms. The first-order valence-electron chi connectivity index (χ1n) is 7.29. The van der Waals surface area contributed by atoms with Crippen LogP contribution in [0.3, 0.4) is 0 Å². The molecule has 1 aliphatic rings. The number of hydrogen-bond donors (Lipinski definition) is 1. The SMILES string of the molecule is Cn1ccnc1[C@@H]1OCCC[C@H]1CNc1ncc(Cl)cc1F. The highest BCUT2D eigenvalue weighted by Crippen LogP contribution is 2.32. The van der Waals surface area contributed by atoms with Crippen molar-refractivity contribution in [1.29, 1.82) is 0 Å². The van der Waals surface area contributed by atoms with Crippen LogP contribution in [0, 0.1) is 11.7 Å². The van der Waals surface area contributed by atoms with Gasteiger partial charge in [0.15, 0.2) is 11.6 Å². The number of nitrogens with one attached hydrogen (secondary N) is 1. The lowest BCUT2D eigenvalue weighted by Crippen LogP contribution is -2.30. The maximum absolute atomic E-state index is 13.8. The van der Waals surface area contributed by atoms with E-state index in [0.29, 0.717) is 6.54 Å². The Labute approximate surface area is 133 Å². The minimum absolute atomic E-state index is 0.0865. The van der Waals surface area contributed by atoms with Gasteiger partial charge in [0.25, 0.3) is 0 Å². The molecule has 1 saturated heterocycles. The minimum Gasteiger partial charge on any atom is -0.370 e. The highest BCUT2D eigenvalue weighted by atomic mass is 35.5. The molecule has 0 aliphatic carbocycles. The van der Waals surface area contributed by atoms with Gasteiger partial charge in [-0.15, -0.1) is 0 Å². The van der Waals surface area contributed by atoms with Crippen LogP contribution in [0.25, 0.3) is 0 Å². The molecular weight excluding hydrogens is 307 g/mol. The minimum atomic E-state index is -0.447. The molecule has 1 N–H and O–H groups in total. The molecule has 3 heterocycles. The fourth-order valence-corrected chi connectivity index (χ4v) is 2.91. The van der Waals surface area contributed by atoms with Crippen LogP contribution in [-0.2, 0) is 11.8 Å². The van der Waals surface area contributed by atoms with Crippen LogP contribution in [0.15, 0.2) is 24.7 Å². The number of halogens is 2.